The summed E-state index contributed by atoms with van der Waals surface area (Å²) in [5.74, 6) is 0.943. The van der Waals surface area contributed by atoms with Gasteiger partial charge in [-0.1, -0.05) is 61.6 Å². The molecule has 1 aromatic heterocycles. The lowest BCUT2D eigenvalue weighted by Gasteiger charge is -2.15. The Labute approximate surface area is 184 Å². The van der Waals surface area contributed by atoms with Crippen LogP contribution in [0.5, 0.6) is 5.75 Å². The molecule has 7 nitrogen and oxygen atoms in total. The van der Waals surface area contributed by atoms with Crippen molar-refractivity contribution in [3.8, 4) is 11.4 Å². The zero-order chi connectivity index (χ0) is 21.8. The van der Waals surface area contributed by atoms with E-state index in [2.05, 4.69) is 10.4 Å². The van der Waals surface area contributed by atoms with Gasteiger partial charge in [0.15, 0.2) is 0 Å². The van der Waals surface area contributed by atoms with Crippen molar-refractivity contribution in [1.82, 2.24) is 9.78 Å². The number of hydrogen-bond donors (Lipinski definition) is 2. The molecular formula is C19H24Cl3N3O4. The summed E-state index contributed by atoms with van der Waals surface area (Å²) in [6.07, 6.45) is -1.14. The van der Waals surface area contributed by atoms with Crippen LogP contribution in [0.15, 0.2) is 30.3 Å². The number of alkyl halides is 3. The minimum atomic E-state index is -1.71. The second-order valence-corrected chi connectivity index (χ2v) is 10.0. The van der Waals surface area contributed by atoms with E-state index in [1.54, 1.807) is 35.9 Å². The normalized spacial score (nSPS) is 13.1. The Kier molecular flexibility index (Phi) is 7.67. The summed E-state index contributed by atoms with van der Waals surface area (Å²) in [6.45, 7) is 7.27. The molecule has 0 saturated carbocycles. The summed E-state index contributed by atoms with van der Waals surface area (Å²) >= 11 is 16.9. The highest BCUT2D eigenvalue weighted by molar-refractivity contribution is 6.67. The molecule has 0 aliphatic heterocycles. The van der Waals surface area contributed by atoms with E-state index in [1.807, 2.05) is 26.8 Å². The minimum absolute atomic E-state index is 0.109. The van der Waals surface area contributed by atoms with Crippen LogP contribution in [-0.4, -0.2) is 44.1 Å². The summed E-state index contributed by atoms with van der Waals surface area (Å²) < 4.78 is 10.5. The van der Waals surface area contributed by atoms with E-state index in [0.717, 1.165) is 5.69 Å². The van der Waals surface area contributed by atoms with Crippen molar-refractivity contribution in [2.75, 3.05) is 18.5 Å². The molecule has 1 aromatic carbocycles. The SMILES string of the molecule is C[C@H](CO)Oc1cccc(-n2nc(C(C)(C)C)cc2NC(=O)OCC(Cl)(Cl)Cl)c1. The van der Waals surface area contributed by atoms with Gasteiger partial charge in [-0.2, -0.15) is 5.10 Å². The fourth-order valence-electron chi connectivity index (χ4n) is 2.28. The van der Waals surface area contributed by atoms with Crippen molar-refractivity contribution < 1.29 is 19.4 Å². The molecule has 0 spiro atoms. The number of aromatic nitrogens is 2. The van der Waals surface area contributed by atoms with Gasteiger partial charge in [-0.05, 0) is 19.1 Å². The van der Waals surface area contributed by atoms with Crippen LogP contribution in [0.25, 0.3) is 5.69 Å². The molecule has 0 unspecified atom stereocenters. The zero-order valence-corrected chi connectivity index (χ0v) is 18.8. The minimum Gasteiger partial charge on any atom is -0.488 e. The van der Waals surface area contributed by atoms with Gasteiger partial charge >= 0.3 is 6.09 Å². The largest absolute Gasteiger partial charge is 0.488 e. The number of hydrogen-bond acceptors (Lipinski definition) is 5. The van der Waals surface area contributed by atoms with Crippen LogP contribution >= 0.6 is 34.8 Å². The second kappa shape index (κ2) is 9.43. The monoisotopic (exact) mass is 463 g/mol. The maximum Gasteiger partial charge on any atom is 0.412 e. The Bertz CT molecular complexity index is 844. The van der Waals surface area contributed by atoms with Gasteiger partial charge < -0.3 is 14.6 Å². The van der Waals surface area contributed by atoms with Gasteiger partial charge in [0.05, 0.1) is 18.0 Å². The molecule has 1 heterocycles. The topological polar surface area (TPSA) is 85.6 Å². The van der Waals surface area contributed by atoms with Gasteiger partial charge in [0.25, 0.3) is 0 Å². The van der Waals surface area contributed by atoms with E-state index in [-0.39, 0.29) is 18.1 Å². The highest BCUT2D eigenvalue weighted by Crippen LogP contribution is 2.29. The number of aliphatic hydroxyl groups is 1. The summed E-state index contributed by atoms with van der Waals surface area (Å²) in [5, 5.41) is 16.4. The van der Waals surface area contributed by atoms with E-state index < -0.39 is 16.5 Å². The Morgan fingerprint density at radius 2 is 1.97 bits per heavy atom. The number of carbonyl (C=O) groups is 1. The first-order valence-corrected chi connectivity index (χ1v) is 10.0. The molecule has 1 atom stereocenters. The molecule has 0 saturated heterocycles. The number of nitrogens with zero attached hydrogens (tertiary/aromatic N) is 2. The Balaban J connectivity index is 2.34. The number of amides is 1. The number of nitrogens with one attached hydrogen (secondary N) is 1. The Morgan fingerprint density at radius 1 is 1.28 bits per heavy atom. The van der Waals surface area contributed by atoms with E-state index in [1.165, 1.54) is 0 Å². The fourth-order valence-corrected chi connectivity index (χ4v) is 2.44. The van der Waals surface area contributed by atoms with Gasteiger partial charge in [-0.25, -0.2) is 9.48 Å². The van der Waals surface area contributed by atoms with Gasteiger partial charge in [-0.15, -0.1) is 0 Å². The predicted molar refractivity (Wildman–Crippen MR) is 115 cm³/mol. The molecule has 2 rings (SSSR count). The van der Waals surface area contributed by atoms with Crippen LogP contribution in [0.2, 0.25) is 0 Å². The number of benzene rings is 1. The highest BCUT2D eigenvalue weighted by Gasteiger charge is 2.24. The summed E-state index contributed by atoms with van der Waals surface area (Å²) in [7, 11) is 0. The molecule has 0 aliphatic carbocycles. The average Bonchev–Trinajstić information content (AvgIpc) is 3.03. The molecule has 0 aliphatic rings. The van der Waals surface area contributed by atoms with Crippen LogP contribution in [0.4, 0.5) is 10.6 Å². The number of carbonyl (C=O) groups excluding carboxylic acids is 1. The number of ether oxygens (including phenoxy) is 2. The molecule has 160 valence electrons. The molecule has 10 heteroatoms. The van der Waals surface area contributed by atoms with Crippen LogP contribution in [-0.2, 0) is 10.2 Å². The van der Waals surface area contributed by atoms with Crippen LogP contribution in [0.3, 0.4) is 0 Å². The maximum atomic E-state index is 12.2. The van der Waals surface area contributed by atoms with Crippen LogP contribution < -0.4 is 10.1 Å². The second-order valence-electron chi connectivity index (χ2n) is 7.50. The Morgan fingerprint density at radius 3 is 2.55 bits per heavy atom. The lowest BCUT2D eigenvalue weighted by molar-refractivity contribution is 0.129. The molecule has 0 bridgehead atoms. The van der Waals surface area contributed by atoms with Crippen molar-refractivity contribution in [3.05, 3.63) is 36.0 Å². The third kappa shape index (κ3) is 7.26. The fraction of sp³-hybridized carbons (Fsp3) is 0.474. The first-order chi connectivity index (χ1) is 13.4. The molecule has 1 amide bonds. The van der Waals surface area contributed by atoms with E-state index in [4.69, 9.17) is 44.3 Å². The van der Waals surface area contributed by atoms with Gasteiger partial charge in [-0.3, -0.25) is 5.32 Å². The van der Waals surface area contributed by atoms with Gasteiger partial charge in [0.2, 0.25) is 3.79 Å². The Hall–Kier alpha value is -1.67. The molecule has 2 aromatic rings. The zero-order valence-electron chi connectivity index (χ0n) is 16.6. The lowest BCUT2D eigenvalue weighted by atomic mass is 9.92. The molecule has 0 radical (unpaired) electrons. The van der Waals surface area contributed by atoms with Crippen molar-refractivity contribution in [1.29, 1.82) is 0 Å². The molecule has 29 heavy (non-hydrogen) atoms. The molecule has 2 N–H and O–H groups in total. The van der Waals surface area contributed by atoms with E-state index >= 15 is 0 Å². The standard InChI is InChI=1S/C19H24Cl3N3O4/c1-12(10-26)29-14-7-5-6-13(8-14)25-16(9-15(24-25)18(2,3)4)23-17(27)28-11-19(20,21)22/h5-9,12,26H,10-11H2,1-4H3,(H,23,27)/t12-/m1/s1. The smallest absolute Gasteiger partial charge is 0.412 e. The van der Waals surface area contributed by atoms with E-state index in [0.29, 0.717) is 17.3 Å². The number of anilines is 1. The van der Waals surface area contributed by atoms with Gasteiger partial charge in [0.1, 0.15) is 24.3 Å². The van der Waals surface area contributed by atoms with Crippen molar-refractivity contribution >= 4 is 46.7 Å². The average molecular weight is 465 g/mol. The first kappa shape index (κ1) is 23.6. The van der Waals surface area contributed by atoms with Crippen molar-refractivity contribution in [3.63, 3.8) is 0 Å². The van der Waals surface area contributed by atoms with Crippen LogP contribution in [0, 0.1) is 0 Å². The van der Waals surface area contributed by atoms with E-state index in [9.17, 15) is 9.90 Å². The van der Waals surface area contributed by atoms with Crippen LogP contribution in [0.1, 0.15) is 33.4 Å². The molecular weight excluding hydrogens is 441 g/mol. The van der Waals surface area contributed by atoms with Gasteiger partial charge in [0, 0.05) is 17.5 Å². The summed E-state index contributed by atoms with van der Waals surface area (Å²) in [6, 6.07) is 8.88. The number of aliphatic hydroxyl groups excluding tert-OH is 1. The third-order valence-electron chi connectivity index (χ3n) is 3.73. The first-order valence-electron chi connectivity index (χ1n) is 8.88. The number of halogens is 3. The summed E-state index contributed by atoms with van der Waals surface area (Å²) in [5.41, 5.74) is 1.15. The highest BCUT2D eigenvalue weighted by atomic mass is 35.6. The third-order valence-corrected chi connectivity index (χ3v) is 4.06. The summed E-state index contributed by atoms with van der Waals surface area (Å²) in [4.78, 5) is 12.2. The quantitative estimate of drug-likeness (QED) is 0.597. The maximum absolute atomic E-state index is 12.2. The number of rotatable bonds is 6. The predicted octanol–water partition coefficient (Wildman–Crippen LogP) is 4.85. The molecule has 0 fully saturated rings. The van der Waals surface area contributed by atoms with Crippen molar-refractivity contribution in [2.24, 2.45) is 0 Å². The lowest BCUT2D eigenvalue weighted by Crippen LogP contribution is -2.22. The van der Waals surface area contributed by atoms with Crippen molar-refractivity contribution in [2.45, 2.75) is 43.0 Å².